The number of imide groups is 1. The minimum absolute atomic E-state index is 0.0180. The van der Waals surface area contributed by atoms with Crippen LogP contribution in [0.5, 0.6) is 0 Å². The van der Waals surface area contributed by atoms with Crippen LogP contribution in [0, 0.1) is 0 Å². The zero-order valence-corrected chi connectivity index (χ0v) is 12.9. The van der Waals surface area contributed by atoms with E-state index in [0.29, 0.717) is 6.42 Å². The van der Waals surface area contributed by atoms with E-state index in [1.165, 1.54) is 4.90 Å². The molecule has 1 rings (SSSR count). The molecule has 1 aliphatic heterocycles. The smallest absolute Gasteiger partial charge is 0.243 e. The van der Waals surface area contributed by atoms with Crippen LogP contribution in [0.1, 0.15) is 54.9 Å². The number of hydrogen-bond acceptors (Lipinski definition) is 3. The molecular weight excluding hydrogens is 234 g/mol. The predicted molar refractivity (Wildman–Crippen MR) is 74.1 cm³/mol. The van der Waals surface area contributed by atoms with Gasteiger partial charge in [0, 0.05) is 17.2 Å². The number of carbonyl (C=O) groups excluding carboxylic acids is 2. The first kappa shape index (κ1) is 16.5. The molecule has 0 spiro atoms. The Labute approximate surface area is 109 Å². The Bertz CT molecular complexity index is 282. The Kier molecular flexibility index (Phi) is 6.24. The summed E-state index contributed by atoms with van der Waals surface area (Å²) in [5.41, 5.74) is 0. The van der Waals surface area contributed by atoms with Gasteiger partial charge in [-0.15, -0.1) is 11.8 Å². The lowest BCUT2D eigenvalue weighted by atomic mass is 10.3. The predicted octanol–water partition coefficient (Wildman–Crippen LogP) is 3.08. The highest BCUT2D eigenvalue weighted by Gasteiger charge is 2.41. The van der Waals surface area contributed by atoms with Gasteiger partial charge in [0.1, 0.15) is 0 Å². The molecule has 0 aromatic heterocycles. The molecule has 3 nitrogen and oxygen atoms in total. The van der Waals surface area contributed by atoms with E-state index in [9.17, 15) is 9.59 Å². The molecule has 0 aliphatic carbocycles. The maximum Gasteiger partial charge on any atom is 0.243 e. The summed E-state index contributed by atoms with van der Waals surface area (Å²) in [6, 6.07) is -0.0180. The standard InChI is InChI=1S/C11H19NO2S.C2H6/c1-7(2)12-9(13)6-8(10(12)14)15-11(3,4)5;1-2/h7-8H,6H2,1-5H3;1-2H3. The van der Waals surface area contributed by atoms with Crippen LogP contribution in [0.15, 0.2) is 0 Å². The molecule has 4 heteroatoms. The second kappa shape index (κ2) is 6.43. The van der Waals surface area contributed by atoms with Crippen molar-refractivity contribution in [2.45, 2.75) is 70.9 Å². The highest BCUT2D eigenvalue weighted by atomic mass is 32.2. The summed E-state index contributed by atoms with van der Waals surface area (Å²) in [5, 5.41) is -0.181. The quantitative estimate of drug-likeness (QED) is 0.715. The van der Waals surface area contributed by atoms with Crippen LogP contribution in [0.2, 0.25) is 0 Å². The molecule has 100 valence electrons. The molecule has 17 heavy (non-hydrogen) atoms. The molecule has 1 aliphatic rings. The van der Waals surface area contributed by atoms with Crippen LogP contribution in [-0.4, -0.2) is 32.8 Å². The molecular formula is C13H25NO2S. The molecule has 1 unspecified atom stereocenters. The van der Waals surface area contributed by atoms with Gasteiger partial charge in [-0.3, -0.25) is 14.5 Å². The Morgan fingerprint density at radius 2 is 1.71 bits per heavy atom. The van der Waals surface area contributed by atoms with E-state index in [1.54, 1.807) is 11.8 Å². The van der Waals surface area contributed by atoms with Crippen LogP contribution in [0.3, 0.4) is 0 Å². The largest absolute Gasteiger partial charge is 0.279 e. The fraction of sp³-hybridized carbons (Fsp3) is 0.846. The molecule has 1 fully saturated rings. The van der Waals surface area contributed by atoms with Crippen molar-refractivity contribution in [3.63, 3.8) is 0 Å². The molecule has 0 radical (unpaired) electrons. The third-order valence-electron chi connectivity index (χ3n) is 2.15. The Morgan fingerprint density at radius 3 is 2.00 bits per heavy atom. The topological polar surface area (TPSA) is 37.4 Å². The first-order valence-electron chi connectivity index (χ1n) is 6.26. The first-order valence-corrected chi connectivity index (χ1v) is 7.14. The minimum Gasteiger partial charge on any atom is -0.279 e. The van der Waals surface area contributed by atoms with Crippen molar-refractivity contribution in [2.75, 3.05) is 0 Å². The van der Waals surface area contributed by atoms with Crippen LogP contribution in [0.4, 0.5) is 0 Å². The maximum absolute atomic E-state index is 11.9. The van der Waals surface area contributed by atoms with Crippen LogP contribution in [-0.2, 0) is 9.59 Å². The van der Waals surface area contributed by atoms with E-state index in [0.717, 1.165) is 0 Å². The normalized spacial score (nSPS) is 20.7. The van der Waals surface area contributed by atoms with Gasteiger partial charge in [0.15, 0.2) is 0 Å². The van der Waals surface area contributed by atoms with Gasteiger partial charge in [-0.25, -0.2) is 0 Å². The van der Waals surface area contributed by atoms with E-state index in [2.05, 4.69) is 20.8 Å². The molecule has 1 heterocycles. The molecule has 1 saturated heterocycles. The number of rotatable bonds is 2. The van der Waals surface area contributed by atoms with Crippen LogP contribution < -0.4 is 0 Å². The van der Waals surface area contributed by atoms with Gasteiger partial charge in [0.05, 0.1) is 5.25 Å². The summed E-state index contributed by atoms with van der Waals surface area (Å²) in [6.45, 7) is 13.9. The van der Waals surface area contributed by atoms with Crippen molar-refractivity contribution < 1.29 is 9.59 Å². The third-order valence-corrected chi connectivity index (χ3v) is 3.51. The fourth-order valence-corrected chi connectivity index (χ4v) is 2.98. The Hall–Kier alpha value is -0.510. The lowest BCUT2D eigenvalue weighted by Crippen LogP contribution is -2.37. The molecule has 0 bridgehead atoms. The van der Waals surface area contributed by atoms with Gasteiger partial charge in [0.25, 0.3) is 0 Å². The number of likely N-dealkylation sites (tertiary alicyclic amines) is 1. The fourth-order valence-electron chi connectivity index (χ4n) is 1.68. The lowest BCUT2D eigenvalue weighted by Gasteiger charge is -2.22. The van der Waals surface area contributed by atoms with Crippen LogP contribution in [0.25, 0.3) is 0 Å². The summed E-state index contributed by atoms with van der Waals surface area (Å²) >= 11 is 1.59. The van der Waals surface area contributed by atoms with Gasteiger partial charge in [-0.1, -0.05) is 34.6 Å². The highest BCUT2D eigenvalue weighted by Crippen LogP contribution is 2.35. The molecule has 0 aromatic carbocycles. The Morgan fingerprint density at radius 1 is 1.24 bits per heavy atom. The van der Waals surface area contributed by atoms with Crippen molar-refractivity contribution in [3.8, 4) is 0 Å². The van der Waals surface area contributed by atoms with E-state index in [4.69, 9.17) is 0 Å². The van der Waals surface area contributed by atoms with Crippen molar-refractivity contribution in [3.05, 3.63) is 0 Å². The second-order valence-corrected chi connectivity index (χ2v) is 7.15. The van der Waals surface area contributed by atoms with E-state index >= 15 is 0 Å². The zero-order chi connectivity index (χ0) is 13.8. The Balaban J connectivity index is 0.00000121. The summed E-state index contributed by atoms with van der Waals surface area (Å²) < 4.78 is 0.0214. The van der Waals surface area contributed by atoms with Gasteiger partial charge < -0.3 is 0 Å². The number of hydrogen-bond donors (Lipinski definition) is 0. The van der Waals surface area contributed by atoms with Gasteiger partial charge >= 0.3 is 0 Å². The number of amides is 2. The number of carbonyl (C=O) groups is 2. The van der Waals surface area contributed by atoms with E-state index in [-0.39, 0.29) is 27.9 Å². The van der Waals surface area contributed by atoms with Gasteiger partial charge in [-0.2, -0.15) is 0 Å². The zero-order valence-electron chi connectivity index (χ0n) is 12.0. The molecule has 0 N–H and O–H groups in total. The molecule has 0 aromatic rings. The molecule has 0 saturated carbocycles. The van der Waals surface area contributed by atoms with Crippen molar-refractivity contribution in [1.29, 1.82) is 0 Å². The van der Waals surface area contributed by atoms with Crippen molar-refractivity contribution in [1.82, 2.24) is 4.90 Å². The summed E-state index contributed by atoms with van der Waals surface area (Å²) in [7, 11) is 0. The SMILES string of the molecule is CC.CC(C)N1C(=O)CC(SC(C)(C)C)C1=O. The van der Waals surface area contributed by atoms with Crippen molar-refractivity contribution in [2.24, 2.45) is 0 Å². The number of thioether (sulfide) groups is 1. The average molecular weight is 259 g/mol. The lowest BCUT2D eigenvalue weighted by molar-refractivity contribution is -0.140. The molecule has 1 atom stereocenters. The maximum atomic E-state index is 11.9. The van der Waals surface area contributed by atoms with Crippen LogP contribution >= 0.6 is 11.8 Å². The monoisotopic (exact) mass is 259 g/mol. The molecule has 2 amide bonds. The number of nitrogens with zero attached hydrogens (tertiary/aromatic N) is 1. The minimum atomic E-state index is -0.181. The summed E-state index contributed by atoms with van der Waals surface area (Å²) in [6.07, 6.45) is 0.360. The van der Waals surface area contributed by atoms with Gasteiger partial charge in [0.2, 0.25) is 11.8 Å². The summed E-state index contributed by atoms with van der Waals surface area (Å²) in [4.78, 5) is 24.9. The van der Waals surface area contributed by atoms with Gasteiger partial charge in [-0.05, 0) is 13.8 Å². The first-order chi connectivity index (χ1) is 7.72. The van der Waals surface area contributed by atoms with Crippen molar-refractivity contribution >= 4 is 23.6 Å². The summed E-state index contributed by atoms with van der Waals surface area (Å²) in [5.74, 6) is -0.0494. The third kappa shape index (κ3) is 4.70. The second-order valence-electron chi connectivity index (χ2n) is 5.12. The average Bonchev–Trinajstić information content (AvgIpc) is 2.42. The van der Waals surface area contributed by atoms with E-state index < -0.39 is 0 Å². The van der Waals surface area contributed by atoms with E-state index in [1.807, 2.05) is 27.7 Å². The highest BCUT2D eigenvalue weighted by molar-refractivity contribution is 8.01.